The maximum Gasteiger partial charge on any atom is 0.240 e. The third-order valence-electron chi connectivity index (χ3n) is 2.57. The molecule has 90 valence electrons. The van der Waals surface area contributed by atoms with E-state index in [0.29, 0.717) is 5.69 Å². The van der Waals surface area contributed by atoms with Gasteiger partial charge in [0.1, 0.15) is 5.78 Å². The topological polar surface area (TPSA) is 63.4 Å². The Morgan fingerprint density at radius 3 is 2.88 bits per heavy atom. The number of amides is 1. The Morgan fingerprint density at radius 1 is 1.53 bits per heavy atom. The fourth-order valence-electron chi connectivity index (χ4n) is 1.81. The van der Waals surface area contributed by atoms with Crippen LogP contribution in [0.5, 0.6) is 0 Å². The van der Waals surface area contributed by atoms with Crippen molar-refractivity contribution < 1.29 is 9.59 Å². The highest BCUT2D eigenvalue weighted by Gasteiger charge is 2.31. The van der Waals surface area contributed by atoms with Crippen LogP contribution in [0.1, 0.15) is 13.8 Å². The van der Waals surface area contributed by atoms with Gasteiger partial charge in [-0.2, -0.15) is 0 Å². The molecule has 1 atom stereocenters. The van der Waals surface area contributed by atoms with E-state index in [4.69, 9.17) is 5.73 Å². The number of ketones is 1. The highest BCUT2D eigenvalue weighted by molar-refractivity contribution is 8.01. The van der Waals surface area contributed by atoms with Gasteiger partial charge in [0.2, 0.25) is 5.91 Å². The molecule has 0 bridgehead atoms. The smallest absolute Gasteiger partial charge is 0.240 e. The lowest BCUT2D eigenvalue weighted by atomic mass is 10.2. The molecule has 4 nitrogen and oxygen atoms in total. The third kappa shape index (κ3) is 2.29. The zero-order valence-corrected chi connectivity index (χ0v) is 10.6. The summed E-state index contributed by atoms with van der Waals surface area (Å²) in [5.74, 6) is -0.0749. The van der Waals surface area contributed by atoms with Crippen LogP contribution in [0, 0.1) is 0 Å². The van der Waals surface area contributed by atoms with Gasteiger partial charge in [0.05, 0.1) is 17.5 Å². The Morgan fingerprint density at radius 2 is 2.24 bits per heavy atom. The summed E-state index contributed by atoms with van der Waals surface area (Å²) >= 11 is 1.50. The summed E-state index contributed by atoms with van der Waals surface area (Å²) in [6, 6.07) is 5.45. The molecule has 1 aliphatic rings. The van der Waals surface area contributed by atoms with Crippen molar-refractivity contribution in [3.05, 3.63) is 18.2 Å². The average Bonchev–Trinajstić information content (AvgIpc) is 2.25. The van der Waals surface area contributed by atoms with E-state index < -0.39 is 0 Å². The molecule has 5 heteroatoms. The lowest BCUT2D eigenvalue weighted by Crippen LogP contribution is -2.42. The molecule has 1 heterocycles. The largest absolute Gasteiger partial charge is 0.399 e. The molecule has 0 fully saturated rings. The number of fused-ring (bicyclic) bond motifs is 1. The maximum atomic E-state index is 12.0. The first kappa shape index (κ1) is 12.0. The lowest BCUT2D eigenvalue weighted by Gasteiger charge is -2.31. The number of rotatable bonds is 2. The van der Waals surface area contributed by atoms with Crippen LogP contribution in [-0.2, 0) is 9.59 Å². The van der Waals surface area contributed by atoms with Gasteiger partial charge in [-0.15, -0.1) is 11.8 Å². The predicted molar refractivity (Wildman–Crippen MR) is 69.2 cm³/mol. The molecule has 2 N–H and O–H groups in total. The summed E-state index contributed by atoms with van der Waals surface area (Å²) in [5.41, 5.74) is 7.06. The number of nitrogens with zero attached hydrogens (tertiary/aromatic N) is 1. The first-order valence-electron chi connectivity index (χ1n) is 5.36. The van der Waals surface area contributed by atoms with E-state index >= 15 is 0 Å². The minimum absolute atomic E-state index is 0.0363. The van der Waals surface area contributed by atoms with Crippen LogP contribution in [0.2, 0.25) is 0 Å². The van der Waals surface area contributed by atoms with Crippen molar-refractivity contribution in [3.63, 3.8) is 0 Å². The second-order valence-electron chi connectivity index (χ2n) is 4.11. The molecule has 1 unspecified atom stereocenters. The van der Waals surface area contributed by atoms with Crippen molar-refractivity contribution in [2.75, 3.05) is 17.2 Å². The first-order chi connectivity index (χ1) is 7.99. The number of thioether (sulfide) groups is 1. The van der Waals surface area contributed by atoms with Crippen LogP contribution >= 0.6 is 11.8 Å². The van der Waals surface area contributed by atoms with E-state index in [0.717, 1.165) is 10.6 Å². The van der Waals surface area contributed by atoms with Gasteiger partial charge in [-0.05, 0) is 32.0 Å². The number of nitrogens with two attached hydrogens (primary N) is 1. The van der Waals surface area contributed by atoms with Gasteiger partial charge in [0, 0.05) is 10.6 Å². The lowest BCUT2D eigenvalue weighted by molar-refractivity contribution is -0.121. The minimum atomic E-state index is -0.162. The summed E-state index contributed by atoms with van der Waals surface area (Å²) in [6.45, 7) is 3.44. The van der Waals surface area contributed by atoms with Gasteiger partial charge >= 0.3 is 0 Å². The number of Topliss-reactive ketones (excluding diaryl/α,β-unsaturated/α-hetero) is 1. The molecule has 1 aromatic carbocycles. The Bertz CT molecular complexity index is 487. The number of carbonyl (C=O) groups is 2. The van der Waals surface area contributed by atoms with E-state index in [1.165, 1.54) is 23.6 Å². The molecular weight excluding hydrogens is 236 g/mol. The SMILES string of the molecule is CC(=O)CN1C(=O)C(C)Sc2ccc(N)cc21. The highest BCUT2D eigenvalue weighted by atomic mass is 32.2. The van der Waals surface area contributed by atoms with Crippen molar-refractivity contribution in [3.8, 4) is 0 Å². The van der Waals surface area contributed by atoms with E-state index in [2.05, 4.69) is 0 Å². The van der Waals surface area contributed by atoms with Crippen molar-refractivity contribution in [1.82, 2.24) is 0 Å². The number of nitrogen functional groups attached to an aromatic ring is 1. The molecule has 0 aliphatic carbocycles. The van der Waals surface area contributed by atoms with Crippen LogP contribution in [-0.4, -0.2) is 23.5 Å². The van der Waals surface area contributed by atoms with Crippen LogP contribution in [0.4, 0.5) is 11.4 Å². The van der Waals surface area contributed by atoms with Gasteiger partial charge in [-0.25, -0.2) is 0 Å². The summed E-state index contributed by atoms with van der Waals surface area (Å²) < 4.78 is 0. The van der Waals surface area contributed by atoms with E-state index in [1.54, 1.807) is 12.1 Å². The van der Waals surface area contributed by atoms with Gasteiger partial charge in [-0.1, -0.05) is 0 Å². The normalized spacial score (nSPS) is 19.1. The monoisotopic (exact) mass is 250 g/mol. The van der Waals surface area contributed by atoms with Crippen LogP contribution in [0.15, 0.2) is 23.1 Å². The molecule has 0 aromatic heterocycles. The molecular formula is C12H14N2O2S. The quantitative estimate of drug-likeness (QED) is 0.811. The fraction of sp³-hybridized carbons (Fsp3) is 0.333. The Balaban J connectivity index is 2.46. The van der Waals surface area contributed by atoms with E-state index in [1.807, 2.05) is 13.0 Å². The number of hydrogen-bond acceptors (Lipinski definition) is 4. The van der Waals surface area contributed by atoms with E-state index in [-0.39, 0.29) is 23.5 Å². The molecule has 17 heavy (non-hydrogen) atoms. The Hall–Kier alpha value is -1.49. The van der Waals surface area contributed by atoms with Crippen molar-refractivity contribution in [1.29, 1.82) is 0 Å². The van der Waals surface area contributed by atoms with Crippen molar-refractivity contribution in [2.24, 2.45) is 0 Å². The number of carbonyl (C=O) groups excluding carboxylic acids is 2. The van der Waals surface area contributed by atoms with Gasteiger partial charge in [0.15, 0.2) is 0 Å². The van der Waals surface area contributed by atoms with Crippen LogP contribution in [0.25, 0.3) is 0 Å². The standard InChI is InChI=1S/C12H14N2O2S/c1-7(15)6-14-10-5-9(13)3-4-11(10)17-8(2)12(14)16/h3-5,8H,6,13H2,1-2H3. The Labute approximate surface area is 104 Å². The fourth-order valence-corrected chi connectivity index (χ4v) is 2.86. The van der Waals surface area contributed by atoms with Gasteiger partial charge in [0.25, 0.3) is 0 Å². The first-order valence-corrected chi connectivity index (χ1v) is 6.24. The summed E-state index contributed by atoms with van der Waals surface area (Å²) in [7, 11) is 0. The molecule has 0 saturated carbocycles. The predicted octanol–water partition coefficient (Wildman–Crippen LogP) is 1.69. The molecule has 0 spiro atoms. The second-order valence-corrected chi connectivity index (χ2v) is 5.50. The van der Waals surface area contributed by atoms with Crippen LogP contribution in [0.3, 0.4) is 0 Å². The zero-order chi connectivity index (χ0) is 12.6. The van der Waals surface area contributed by atoms with Crippen molar-refractivity contribution in [2.45, 2.75) is 24.0 Å². The molecule has 1 amide bonds. The summed E-state index contributed by atoms with van der Waals surface area (Å²) in [5, 5.41) is -0.162. The molecule has 1 aliphatic heterocycles. The summed E-state index contributed by atoms with van der Waals surface area (Å²) in [4.78, 5) is 25.8. The molecule has 0 radical (unpaired) electrons. The van der Waals surface area contributed by atoms with Gasteiger partial charge < -0.3 is 10.6 Å². The van der Waals surface area contributed by atoms with Gasteiger partial charge in [-0.3, -0.25) is 9.59 Å². The number of hydrogen-bond donors (Lipinski definition) is 1. The third-order valence-corrected chi connectivity index (χ3v) is 3.73. The van der Waals surface area contributed by atoms with E-state index in [9.17, 15) is 9.59 Å². The highest BCUT2D eigenvalue weighted by Crippen LogP contribution is 2.39. The summed E-state index contributed by atoms with van der Waals surface area (Å²) in [6.07, 6.45) is 0. The molecule has 1 aromatic rings. The zero-order valence-electron chi connectivity index (χ0n) is 9.77. The Kier molecular flexibility index (Phi) is 3.11. The average molecular weight is 250 g/mol. The van der Waals surface area contributed by atoms with Crippen LogP contribution < -0.4 is 10.6 Å². The number of benzene rings is 1. The number of anilines is 2. The van der Waals surface area contributed by atoms with Crippen molar-refractivity contribution >= 4 is 34.8 Å². The second kappa shape index (κ2) is 4.41. The minimum Gasteiger partial charge on any atom is -0.399 e. The molecule has 0 saturated heterocycles. The maximum absolute atomic E-state index is 12.0. The molecule has 2 rings (SSSR count).